The van der Waals surface area contributed by atoms with Crippen molar-refractivity contribution in [3.63, 3.8) is 0 Å². The van der Waals surface area contributed by atoms with Crippen LogP contribution in [0.15, 0.2) is 71.7 Å². The molecule has 0 saturated heterocycles. The first-order valence-corrected chi connectivity index (χ1v) is 8.91. The third-order valence-corrected chi connectivity index (χ3v) is 4.73. The molecule has 148 valence electrons. The number of anilines is 1. The van der Waals surface area contributed by atoms with Gasteiger partial charge in [-0.05, 0) is 36.8 Å². The Kier molecular flexibility index (Phi) is 4.66. The fourth-order valence-electron chi connectivity index (χ4n) is 3.35. The summed E-state index contributed by atoms with van der Waals surface area (Å²) in [5.74, 6) is -0.352. The van der Waals surface area contributed by atoms with Gasteiger partial charge >= 0.3 is 6.18 Å². The normalized spacial score (nSPS) is 11.7. The number of rotatable bonds is 4. The predicted molar refractivity (Wildman–Crippen MR) is 104 cm³/mol. The third kappa shape index (κ3) is 3.76. The van der Waals surface area contributed by atoms with E-state index in [1.165, 1.54) is 24.7 Å². The van der Waals surface area contributed by atoms with Gasteiger partial charge < -0.3 is 14.3 Å². The molecule has 0 aliphatic heterocycles. The second kappa shape index (κ2) is 7.16. The number of halogens is 3. The molecule has 1 amide bonds. The number of fused-ring (bicyclic) bond motifs is 1. The van der Waals surface area contributed by atoms with Gasteiger partial charge in [-0.2, -0.15) is 13.2 Å². The van der Waals surface area contributed by atoms with Crippen molar-refractivity contribution in [1.29, 1.82) is 0 Å². The van der Waals surface area contributed by atoms with Crippen LogP contribution in [0.5, 0.6) is 0 Å². The maximum atomic E-state index is 13.4. The Labute approximate surface area is 164 Å². The minimum absolute atomic E-state index is 0.0246. The molecule has 4 aromatic rings. The Hall–Kier alpha value is -3.48. The lowest BCUT2D eigenvalue weighted by Crippen LogP contribution is -2.12. The fourth-order valence-corrected chi connectivity index (χ4v) is 3.35. The highest BCUT2D eigenvalue weighted by atomic mass is 19.4. The number of alkyl halides is 3. The SMILES string of the molecule is Cc1ccc2c(c1)c(NC(=O)c1ccoc1)cn2Cc1ccccc1C(F)(F)F. The first-order chi connectivity index (χ1) is 13.8. The largest absolute Gasteiger partial charge is 0.472 e. The Morgan fingerprint density at radius 3 is 2.66 bits per heavy atom. The molecule has 0 aliphatic carbocycles. The number of hydrogen-bond donors (Lipinski definition) is 1. The van der Waals surface area contributed by atoms with E-state index in [1.807, 2.05) is 25.1 Å². The Bertz CT molecular complexity index is 1170. The third-order valence-electron chi connectivity index (χ3n) is 4.73. The summed E-state index contributed by atoms with van der Waals surface area (Å²) in [4.78, 5) is 12.4. The van der Waals surface area contributed by atoms with Gasteiger partial charge in [0.1, 0.15) is 6.26 Å². The van der Waals surface area contributed by atoms with Crippen molar-refractivity contribution >= 4 is 22.5 Å². The van der Waals surface area contributed by atoms with Gasteiger partial charge in [0.25, 0.3) is 5.91 Å². The van der Waals surface area contributed by atoms with Crippen molar-refractivity contribution in [3.8, 4) is 0 Å². The monoisotopic (exact) mass is 398 g/mol. The zero-order valence-electron chi connectivity index (χ0n) is 15.5. The second-order valence-corrected chi connectivity index (χ2v) is 6.81. The highest BCUT2D eigenvalue weighted by molar-refractivity contribution is 6.09. The second-order valence-electron chi connectivity index (χ2n) is 6.81. The van der Waals surface area contributed by atoms with Crippen LogP contribution in [0.3, 0.4) is 0 Å². The van der Waals surface area contributed by atoms with Gasteiger partial charge in [0.15, 0.2) is 0 Å². The molecule has 0 saturated carbocycles. The van der Waals surface area contributed by atoms with E-state index >= 15 is 0 Å². The summed E-state index contributed by atoms with van der Waals surface area (Å²) in [6.07, 6.45) is -0.0422. The number of nitrogens with zero attached hydrogens (tertiary/aromatic N) is 1. The Morgan fingerprint density at radius 2 is 1.93 bits per heavy atom. The van der Waals surface area contributed by atoms with Crippen molar-refractivity contribution < 1.29 is 22.4 Å². The molecule has 7 heteroatoms. The van der Waals surface area contributed by atoms with Gasteiger partial charge in [-0.25, -0.2) is 0 Å². The maximum Gasteiger partial charge on any atom is 0.416 e. The number of benzene rings is 2. The topological polar surface area (TPSA) is 47.2 Å². The molecule has 0 bridgehead atoms. The van der Waals surface area contributed by atoms with Crippen LogP contribution in [0, 0.1) is 6.92 Å². The molecule has 0 aliphatic rings. The maximum absolute atomic E-state index is 13.4. The highest BCUT2D eigenvalue weighted by Gasteiger charge is 2.33. The zero-order chi connectivity index (χ0) is 20.6. The number of furan rings is 1. The zero-order valence-corrected chi connectivity index (χ0v) is 15.5. The van der Waals surface area contributed by atoms with E-state index < -0.39 is 11.7 Å². The number of amides is 1. The van der Waals surface area contributed by atoms with Crippen LogP contribution in [0.25, 0.3) is 10.9 Å². The van der Waals surface area contributed by atoms with Crippen LogP contribution in [-0.2, 0) is 12.7 Å². The summed E-state index contributed by atoms with van der Waals surface area (Å²) in [6.45, 7) is 1.94. The van der Waals surface area contributed by atoms with Crippen LogP contribution in [0.2, 0.25) is 0 Å². The van der Waals surface area contributed by atoms with Crippen LogP contribution in [0.4, 0.5) is 18.9 Å². The van der Waals surface area contributed by atoms with E-state index in [0.29, 0.717) is 11.3 Å². The Balaban J connectivity index is 1.76. The lowest BCUT2D eigenvalue weighted by Gasteiger charge is -2.13. The molecule has 0 radical (unpaired) electrons. The van der Waals surface area contributed by atoms with Gasteiger partial charge in [-0.3, -0.25) is 4.79 Å². The number of aryl methyl sites for hydroxylation is 1. The molecular formula is C22H17F3N2O2. The number of hydrogen-bond acceptors (Lipinski definition) is 2. The minimum atomic E-state index is -4.44. The predicted octanol–water partition coefficient (Wildman–Crippen LogP) is 5.86. The molecule has 0 spiro atoms. The average molecular weight is 398 g/mol. The summed E-state index contributed by atoms with van der Waals surface area (Å²) in [7, 11) is 0. The smallest absolute Gasteiger partial charge is 0.416 e. The van der Waals surface area contributed by atoms with E-state index in [4.69, 9.17) is 4.42 Å². The summed E-state index contributed by atoms with van der Waals surface area (Å²) < 4.78 is 46.8. The molecule has 2 aromatic carbocycles. The number of carbonyl (C=O) groups excluding carboxylic acids is 1. The lowest BCUT2D eigenvalue weighted by molar-refractivity contribution is -0.138. The highest BCUT2D eigenvalue weighted by Crippen LogP contribution is 2.34. The summed E-state index contributed by atoms with van der Waals surface area (Å²) >= 11 is 0. The van der Waals surface area contributed by atoms with E-state index in [9.17, 15) is 18.0 Å². The molecular weight excluding hydrogens is 381 g/mol. The average Bonchev–Trinajstić information content (AvgIpc) is 3.31. The van der Waals surface area contributed by atoms with Gasteiger partial charge in [-0.1, -0.05) is 29.8 Å². The molecule has 2 aromatic heterocycles. The quantitative estimate of drug-likeness (QED) is 0.468. The van der Waals surface area contributed by atoms with E-state index in [2.05, 4.69) is 5.32 Å². The van der Waals surface area contributed by atoms with Crippen molar-refractivity contribution in [2.75, 3.05) is 5.32 Å². The first kappa shape index (κ1) is 18.9. The molecule has 4 rings (SSSR count). The van der Waals surface area contributed by atoms with Gasteiger partial charge in [0.2, 0.25) is 0 Å². The molecule has 0 fully saturated rings. The van der Waals surface area contributed by atoms with Gasteiger partial charge in [0.05, 0.1) is 28.6 Å². The molecule has 0 atom stereocenters. The van der Waals surface area contributed by atoms with Crippen molar-refractivity contribution in [1.82, 2.24) is 4.57 Å². The molecule has 0 unspecified atom stereocenters. The molecule has 2 heterocycles. The van der Waals surface area contributed by atoms with E-state index in [-0.39, 0.29) is 18.0 Å². The van der Waals surface area contributed by atoms with Gasteiger partial charge in [-0.15, -0.1) is 0 Å². The van der Waals surface area contributed by atoms with Crippen molar-refractivity contribution in [3.05, 3.63) is 89.5 Å². The van der Waals surface area contributed by atoms with E-state index in [1.54, 1.807) is 22.9 Å². The summed E-state index contributed by atoms with van der Waals surface area (Å²) in [5, 5.41) is 3.58. The van der Waals surface area contributed by atoms with Crippen LogP contribution < -0.4 is 5.32 Å². The molecule has 1 N–H and O–H groups in total. The minimum Gasteiger partial charge on any atom is -0.472 e. The van der Waals surface area contributed by atoms with Crippen molar-refractivity contribution in [2.24, 2.45) is 0 Å². The number of nitrogens with one attached hydrogen (secondary N) is 1. The standard InChI is InChI=1S/C22H17F3N2O2/c1-14-6-7-20-17(10-14)19(26-21(28)16-8-9-29-13-16)12-27(20)11-15-4-2-3-5-18(15)22(23,24)25/h2-10,12-13H,11H2,1H3,(H,26,28). The summed E-state index contributed by atoms with van der Waals surface area (Å²) in [6, 6.07) is 12.7. The molecule has 4 nitrogen and oxygen atoms in total. The Morgan fingerprint density at radius 1 is 1.14 bits per heavy atom. The lowest BCUT2D eigenvalue weighted by atomic mass is 10.1. The van der Waals surface area contributed by atoms with Crippen LogP contribution >= 0.6 is 0 Å². The fraction of sp³-hybridized carbons (Fsp3) is 0.136. The van der Waals surface area contributed by atoms with Crippen molar-refractivity contribution in [2.45, 2.75) is 19.6 Å². The number of carbonyl (C=O) groups is 1. The van der Waals surface area contributed by atoms with Gasteiger partial charge in [0, 0.05) is 18.1 Å². The van der Waals surface area contributed by atoms with Crippen LogP contribution in [-0.4, -0.2) is 10.5 Å². The number of aromatic nitrogens is 1. The first-order valence-electron chi connectivity index (χ1n) is 8.91. The van der Waals surface area contributed by atoms with Crippen LogP contribution in [0.1, 0.15) is 27.0 Å². The molecule has 29 heavy (non-hydrogen) atoms. The summed E-state index contributed by atoms with van der Waals surface area (Å²) in [5.41, 5.74) is 2.09. The van der Waals surface area contributed by atoms with E-state index in [0.717, 1.165) is 22.5 Å².